The number of carbonyl (C=O) groups excluding carboxylic acids is 2. The zero-order valence-corrected chi connectivity index (χ0v) is 21.8. The van der Waals surface area contributed by atoms with E-state index < -0.39 is 11.7 Å². The van der Waals surface area contributed by atoms with E-state index in [9.17, 15) is 9.59 Å². The maximum atomic E-state index is 13.1. The first-order chi connectivity index (χ1) is 18.0. The van der Waals surface area contributed by atoms with Crippen molar-refractivity contribution in [1.29, 1.82) is 0 Å². The summed E-state index contributed by atoms with van der Waals surface area (Å²) in [5, 5.41) is 0.0519. The van der Waals surface area contributed by atoms with E-state index in [0.29, 0.717) is 18.8 Å². The lowest BCUT2D eigenvalue weighted by Crippen LogP contribution is -2.40. The fourth-order valence-corrected chi connectivity index (χ4v) is 4.37. The normalized spacial score (nSPS) is 13.1. The number of Topliss-reactive ketones (excluding diaryl/α,β-unsaturated/α-hetero) is 1. The van der Waals surface area contributed by atoms with Crippen molar-refractivity contribution in [3.05, 3.63) is 82.4 Å². The molecule has 1 aliphatic heterocycles. The Morgan fingerprint density at radius 1 is 0.757 bits per heavy atom. The molecule has 0 unspecified atom stereocenters. The first kappa shape index (κ1) is 26.4. The Balaban J connectivity index is 1.58. The summed E-state index contributed by atoms with van der Waals surface area (Å²) in [6.45, 7) is 1.58. The summed E-state index contributed by atoms with van der Waals surface area (Å²) in [6, 6.07) is 18.0. The maximum Gasteiger partial charge on any atom is 0.295 e. The average molecular weight is 524 g/mol. The lowest BCUT2D eigenvalue weighted by molar-refractivity contribution is -0.127. The molecular weight excluding hydrogens is 494 g/mol. The summed E-state index contributed by atoms with van der Waals surface area (Å²) in [6.07, 6.45) is 2.84. The summed E-state index contributed by atoms with van der Waals surface area (Å²) < 4.78 is 22.5. The number of benzene rings is 3. The Kier molecular flexibility index (Phi) is 8.90. The molecular formula is C29H30ClNO6. The first-order valence-corrected chi connectivity index (χ1v) is 12.6. The van der Waals surface area contributed by atoms with Crippen LogP contribution in [-0.4, -0.2) is 43.9 Å². The van der Waals surface area contributed by atoms with Crippen LogP contribution >= 0.6 is 11.6 Å². The van der Waals surface area contributed by atoms with Crippen molar-refractivity contribution in [2.75, 3.05) is 27.3 Å². The highest BCUT2D eigenvalue weighted by Crippen LogP contribution is 2.39. The molecule has 7 nitrogen and oxygen atoms in total. The molecule has 37 heavy (non-hydrogen) atoms. The van der Waals surface area contributed by atoms with E-state index >= 15 is 0 Å². The third-order valence-corrected chi connectivity index (χ3v) is 6.61. The van der Waals surface area contributed by atoms with E-state index in [1.807, 2.05) is 48.5 Å². The molecule has 8 heteroatoms. The number of likely N-dealkylation sites (tertiary alicyclic amines) is 1. The van der Waals surface area contributed by atoms with Crippen molar-refractivity contribution in [3.8, 4) is 23.0 Å². The number of methoxy groups -OCH3 is 2. The maximum absolute atomic E-state index is 13.1. The number of halogens is 1. The molecule has 3 aromatic rings. The smallest absolute Gasteiger partial charge is 0.295 e. The SMILES string of the molecule is COc1ccc(COc2ccc(C(=O)C(=O)N3CCCCC3)c(Cl)c2OCc2ccc(OC)cc2)cc1. The fraction of sp³-hybridized carbons (Fsp3) is 0.310. The van der Waals surface area contributed by atoms with Crippen molar-refractivity contribution in [3.63, 3.8) is 0 Å². The van der Waals surface area contributed by atoms with Crippen LogP contribution in [0.1, 0.15) is 40.7 Å². The Labute approximate surface area is 221 Å². The molecule has 0 aliphatic carbocycles. The molecule has 3 aromatic carbocycles. The largest absolute Gasteiger partial charge is 0.497 e. The first-order valence-electron chi connectivity index (χ1n) is 12.2. The summed E-state index contributed by atoms with van der Waals surface area (Å²) in [7, 11) is 3.21. The number of piperidine rings is 1. The van der Waals surface area contributed by atoms with Crippen LogP contribution in [0, 0.1) is 0 Å². The predicted octanol–water partition coefficient (Wildman–Crippen LogP) is 5.71. The van der Waals surface area contributed by atoms with Crippen LogP contribution in [-0.2, 0) is 18.0 Å². The predicted molar refractivity (Wildman–Crippen MR) is 141 cm³/mol. The molecule has 0 N–H and O–H groups in total. The Bertz CT molecular complexity index is 1220. The standard InChI is InChI=1S/C29H30ClNO6/c1-34-22-10-6-20(7-11-22)18-36-25-15-14-24(27(32)29(33)31-16-4-3-5-17-31)26(30)28(25)37-19-21-8-12-23(35-2)13-9-21/h6-15H,3-5,16-19H2,1-2H3. The summed E-state index contributed by atoms with van der Waals surface area (Å²) in [5.74, 6) is 0.864. The highest BCUT2D eigenvalue weighted by molar-refractivity contribution is 6.47. The molecule has 4 rings (SSSR count). The summed E-state index contributed by atoms with van der Waals surface area (Å²) >= 11 is 6.69. The topological polar surface area (TPSA) is 74.3 Å². The van der Waals surface area contributed by atoms with Crippen molar-refractivity contribution >= 4 is 23.3 Å². The van der Waals surface area contributed by atoms with Gasteiger partial charge in [-0.25, -0.2) is 0 Å². The van der Waals surface area contributed by atoms with Crippen LogP contribution < -0.4 is 18.9 Å². The van der Waals surface area contributed by atoms with Gasteiger partial charge in [0, 0.05) is 13.1 Å². The Hall–Kier alpha value is -3.71. The lowest BCUT2D eigenvalue weighted by Gasteiger charge is -2.26. The second-order valence-corrected chi connectivity index (χ2v) is 9.09. The fourth-order valence-electron chi connectivity index (χ4n) is 4.08. The number of hydrogen-bond donors (Lipinski definition) is 0. The molecule has 1 saturated heterocycles. The van der Waals surface area contributed by atoms with Crippen LogP contribution in [0.2, 0.25) is 5.02 Å². The second kappa shape index (κ2) is 12.5. The van der Waals surface area contributed by atoms with Crippen LogP contribution in [0.15, 0.2) is 60.7 Å². The van der Waals surface area contributed by atoms with E-state index in [4.69, 9.17) is 30.5 Å². The van der Waals surface area contributed by atoms with E-state index in [0.717, 1.165) is 41.9 Å². The molecule has 1 amide bonds. The van der Waals surface area contributed by atoms with Crippen molar-refractivity contribution in [2.24, 2.45) is 0 Å². The van der Waals surface area contributed by atoms with Gasteiger partial charge in [-0.3, -0.25) is 9.59 Å². The third kappa shape index (κ3) is 6.54. The molecule has 194 valence electrons. The molecule has 0 saturated carbocycles. The quantitative estimate of drug-likeness (QED) is 0.250. The molecule has 0 spiro atoms. The zero-order valence-electron chi connectivity index (χ0n) is 21.0. The van der Waals surface area contributed by atoms with Gasteiger partial charge in [0.05, 0.1) is 24.8 Å². The number of hydrogen-bond acceptors (Lipinski definition) is 6. The highest BCUT2D eigenvalue weighted by atomic mass is 35.5. The third-order valence-electron chi connectivity index (χ3n) is 6.24. The van der Waals surface area contributed by atoms with E-state index in [1.54, 1.807) is 25.2 Å². The van der Waals surface area contributed by atoms with Gasteiger partial charge in [0.2, 0.25) is 0 Å². The van der Waals surface area contributed by atoms with Gasteiger partial charge in [0.25, 0.3) is 11.7 Å². The summed E-state index contributed by atoms with van der Waals surface area (Å²) in [4.78, 5) is 27.6. The zero-order chi connectivity index (χ0) is 26.2. The van der Waals surface area contributed by atoms with Gasteiger partial charge in [0.15, 0.2) is 11.5 Å². The minimum absolute atomic E-state index is 0.0519. The summed E-state index contributed by atoms with van der Waals surface area (Å²) in [5.41, 5.74) is 1.89. The van der Waals surface area contributed by atoms with Crippen LogP contribution in [0.4, 0.5) is 0 Å². The van der Waals surface area contributed by atoms with Gasteiger partial charge in [-0.05, 0) is 66.8 Å². The minimum atomic E-state index is -0.650. The number of amides is 1. The molecule has 0 bridgehead atoms. The van der Waals surface area contributed by atoms with Crippen molar-refractivity contribution in [1.82, 2.24) is 4.90 Å². The van der Waals surface area contributed by atoms with E-state index in [-0.39, 0.29) is 29.5 Å². The van der Waals surface area contributed by atoms with Crippen LogP contribution in [0.5, 0.6) is 23.0 Å². The number of rotatable bonds is 10. The van der Waals surface area contributed by atoms with Gasteiger partial charge in [-0.2, -0.15) is 0 Å². The average Bonchev–Trinajstić information content (AvgIpc) is 2.95. The van der Waals surface area contributed by atoms with E-state index in [2.05, 4.69) is 0 Å². The highest BCUT2D eigenvalue weighted by Gasteiger charge is 2.28. The van der Waals surface area contributed by atoms with Crippen molar-refractivity contribution < 1.29 is 28.5 Å². The molecule has 0 aromatic heterocycles. The van der Waals surface area contributed by atoms with Crippen molar-refractivity contribution in [2.45, 2.75) is 32.5 Å². The molecule has 1 fully saturated rings. The molecule has 1 aliphatic rings. The monoisotopic (exact) mass is 523 g/mol. The van der Waals surface area contributed by atoms with E-state index in [1.165, 1.54) is 6.07 Å². The minimum Gasteiger partial charge on any atom is -0.497 e. The van der Waals surface area contributed by atoms with Gasteiger partial charge in [-0.15, -0.1) is 0 Å². The lowest BCUT2D eigenvalue weighted by atomic mass is 10.1. The molecule has 1 heterocycles. The number of nitrogens with zero attached hydrogens (tertiary/aromatic N) is 1. The number of carbonyl (C=O) groups is 2. The Morgan fingerprint density at radius 3 is 1.84 bits per heavy atom. The van der Waals surface area contributed by atoms with Crippen LogP contribution in [0.3, 0.4) is 0 Å². The van der Waals surface area contributed by atoms with Gasteiger partial charge >= 0.3 is 0 Å². The van der Waals surface area contributed by atoms with Crippen LogP contribution in [0.25, 0.3) is 0 Å². The number of ether oxygens (including phenoxy) is 4. The second-order valence-electron chi connectivity index (χ2n) is 8.71. The molecule has 0 atom stereocenters. The van der Waals surface area contributed by atoms with Gasteiger partial charge < -0.3 is 23.8 Å². The molecule has 0 radical (unpaired) electrons. The van der Waals surface area contributed by atoms with Gasteiger partial charge in [0.1, 0.15) is 24.7 Å². The Morgan fingerprint density at radius 2 is 1.30 bits per heavy atom. The van der Waals surface area contributed by atoms with Gasteiger partial charge in [-0.1, -0.05) is 35.9 Å². The number of ketones is 1.